The number of nitrogens with one attached hydrogen (secondary N) is 2. The Bertz CT molecular complexity index is 873. The molecule has 1 aliphatic carbocycles. The third-order valence-electron chi connectivity index (χ3n) is 4.93. The van der Waals surface area contributed by atoms with Crippen LogP contribution in [0.2, 0.25) is 0 Å². The smallest absolute Gasteiger partial charge is 0.274 e. The minimum Gasteiger partial charge on any atom is -0.381 e. The predicted molar refractivity (Wildman–Crippen MR) is 104 cm³/mol. The number of hydrogen-bond acceptors (Lipinski definition) is 5. The fraction of sp³-hybridized carbons (Fsp3) is 0.421. The zero-order valence-corrected chi connectivity index (χ0v) is 15.5. The number of carbonyl (C=O) groups is 1. The summed E-state index contributed by atoms with van der Waals surface area (Å²) in [4.78, 5) is 21.3. The molecule has 2 fully saturated rings. The molecule has 4 rings (SSSR count). The summed E-state index contributed by atoms with van der Waals surface area (Å²) in [5.41, 5.74) is 4.30. The Labute approximate surface area is 156 Å². The van der Waals surface area contributed by atoms with Crippen molar-refractivity contribution in [3.63, 3.8) is 0 Å². The molecule has 2 aromatic rings. The van der Waals surface area contributed by atoms with Crippen LogP contribution in [0.1, 0.15) is 37.7 Å². The molecule has 2 N–H and O–H groups in total. The number of aromatic nitrogens is 1. The van der Waals surface area contributed by atoms with E-state index in [0.717, 1.165) is 47.9 Å². The topological polar surface area (TPSA) is 75.6 Å². The minimum atomic E-state index is -0.142. The second kappa shape index (κ2) is 7.55. The lowest BCUT2D eigenvalue weighted by Crippen LogP contribution is -2.27. The average molecular weight is 370 g/mol. The Morgan fingerprint density at radius 1 is 1.27 bits per heavy atom. The number of aliphatic imine (C=N–C) groups is 1. The highest BCUT2D eigenvalue weighted by molar-refractivity contribution is 7.16. The van der Waals surface area contributed by atoms with Gasteiger partial charge in [-0.1, -0.05) is 6.07 Å². The summed E-state index contributed by atoms with van der Waals surface area (Å²) in [6.07, 6.45) is 7.41. The van der Waals surface area contributed by atoms with E-state index in [-0.39, 0.29) is 11.9 Å². The fourth-order valence-corrected chi connectivity index (χ4v) is 4.21. The van der Waals surface area contributed by atoms with Crippen LogP contribution in [0.5, 0.6) is 0 Å². The van der Waals surface area contributed by atoms with Gasteiger partial charge in [-0.15, -0.1) is 11.3 Å². The molecule has 7 heteroatoms. The first-order valence-corrected chi connectivity index (χ1v) is 9.83. The van der Waals surface area contributed by atoms with Gasteiger partial charge in [-0.2, -0.15) is 0 Å². The number of guanidine groups is 1. The van der Waals surface area contributed by atoms with Crippen LogP contribution in [-0.2, 0) is 9.53 Å². The summed E-state index contributed by atoms with van der Waals surface area (Å²) in [5.74, 6) is 0.414. The van der Waals surface area contributed by atoms with Crippen molar-refractivity contribution in [3.8, 4) is 0 Å². The highest BCUT2D eigenvalue weighted by Crippen LogP contribution is 2.23. The lowest BCUT2D eigenvalue weighted by atomic mass is 10.1. The maximum atomic E-state index is 12.3. The van der Waals surface area contributed by atoms with E-state index >= 15 is 0 Å². The van der Waals surface area contributed by atoms with Gasteiger partial charge in [0.05, 0.1) is 27.9 Å². The normalized spacial score (nSPS) is 26.9. The van der Waals surface area contributed by atoms with Crippen molar-refractivity contribution in [3.05, 3.63) is 35.0 Å². The van der Waals surface area contributed by atoms with E-state index in [1.165, 1.54) is 0 Å². The zero-order chi connectivity index (χ0) is 17.9. The largest absolute Gasteiger partial charge is 0.381 e. The molecule has 2 aliphatic rings. The Kier molecular flexibility index (Phi) is 4.99. The predicted octanol–water partition coefficient (Wildman–Crippen LogP) is 3.06. The van der Waals surface area contributed by atoms with Gasteiger partial charge in [0.15, 0.2) is 0 Å². The average Bonchev–Trinajstić information content (AvgIpc) is 3.16. The summed E-state index contributed by atoms with van der Waals surface area (Å²) in [7, 11) is 1.77. The van der Waals surface area contributed by atoms with Crippen LogP contribution in [0, 0.1) is 0 Å². The first kappa shape index (κ1) is 17.2. The number of methoxy groups -OCH3 is 1. The number of rotatable bonds is 3. The van der Waals surface area contributed by atoms with Crippen molar-refractivity contribution >= 4 is 39.5 Å². The molecule has 1 saturated carbocycles. The van der Waals surface area contributed by atoms with Crippen molar-refractivity contribution in [2.24, 2.45) is 4.99 Å². The van der Waals surface area contributed by atoms with Crippen molar-refractivity contribution in [2.45, 2.75) is 44.2 Å². The number of thiazole rings is 1. The van der Waals surface area contributed by atoms with E-state index in [4.69, 9.17) is 9.73 Å². The van der Waals surface area contributed by atoms with Crippen LogP contribution >= 0.6 is 11.3 Å². The third-order valence-corrected chi connectivity index (χ3v) is 5.72. The SMILES string of the molecule is CO[C@@H]1CCC[C@@H](N=C2NC(=O)/C(=C/c3ccc4ncsc4c3)N2)CC1. The molecule has 26 heavy (non-hydrogen) atoms. The number of fused-ring (bicyclic) bond motifs is 1. The van der Waals surface area contributed by atoms with Crippen molar-refractivity contribution in [1.29, 1.82) is 0 Å². The third kappa shape index (κ3) is 3.78. The lowest BCUT2D eigenvalue weighted by Gasteiger charge is -2.11. The van der Waals surface area contributed by atoms with Crippen LogP contribution in [0.4, 0.5) is 0 Å². The zero-order valence-electron chi connectivity index (χ0n) is 14.7. The lowest BCUT2D eigenvalue weighted by molar-refractivity contribution is -0.115. The van der Waals surface area contributed by atoms with E-state index in [2.05, 4.69) is 15.6 Å². The van der Waals surface area contributed by atoms with Gasteiger partial charge < -0.3 is 10.1 Å². The van der Waals surface area contributed by atoms with Crippen LogP contribution in [-0.4, -0.2) is 36.1 Å². The van der Waals surface area contributed by atoms with Crippen LogP contribution in [0.15, 0.2) is 34.4 Å². The summed E-state index contributed by atoms with van der Waals surface area (Å²) >= 11 is 1.59. The van der Waals surface area contributed by atoms with Gasteiger partial charge in [-0.05, 0) is 55.9 Å². The molecule has 1 amide bonds. The van der Waals surface area contributed by atoms with Crippen LogP contribution < -0.4 is 10.6 Å². The van der Waals surface area contributed by atoms with Crippen molar-refractivity contribution < 1.29 is 9.53 Å². The molecule has 2 atom stereocenters. The van der Waals surface area contributed by atoms with Gasteiger partial charge >= 0.3 is 0 Å². The van der Waals surface area contributed by atoms with E-state index in [1.54, 1.807) is 18.4 Å². The monoisotopic (exact) mass is 370 g/mol. The molecule has 1 aromatic carbocycles. The maximum Gasteiger partial charge on any atom is 0.274 e. The molecule has 0 spiro atoms. The van der Waals surface area contributed by atoms with E-state index in [1.807, 2.05) is 29.8 Å². The van der Waals surface area contributed by atoms with Crippen molar-refractivity contribution in [2.75, 3.05) is 7.11 Å². The molecule has 1 aromatic heterocycles. The van der Waals surface area contributed by atoms with E-state index in [9.17, 15) is 4.79 Å². The number of hydrogen-bond donors (Lipinski definition) is 2. The second-order valence-electron chi connectivity index (χ2n) is 6.71. The molecule has 136 valence electrons. The molecular weight excluding hydrogens is 348 g/mol. The number of amides is 1. The summed E-state index contributed by atoms with van der Waals surface area (Å²) in [6, 6.07) is 6.21. The van der Waals surface area contributed by atoms with Crippen LogP contribution in [0.25, 0.3) is 16.3 Å². The first-order valence-electron chi connectivity index (χ1n) is 8.95. The van der Waals surface area contributed by atoms with E-state index in [0.29, 0.717) is 17.8 Å². The molecule has 2 heterocycles. The Balaban J connectivity index is 1.47. The standard InChI is InChI=1S/C19H22N4O2S/c1-25-14-4-2-3-13(6-7-14)21-19-22-16(18(24)23-19)9-12-5-8-15-17(10-12)26-11-20-15/h5,8-11,13-14H,2-4,6-7H2,1H3,(H2,21,22,23,24)/b16-9-/t13-,14-/m1/s1. The quantitative estimate of drug-likeness (QED) is 0.643. The number of carbonyl (C=O) groups excluding carboxylic acids is 1. The highest BCUT2D eigenvalue weighted by Gasteiger charge is 2.24. The van der Waals surface area contributed by atoms with Gasteiger partial charge in [-0.3, -0.25) is 10.1 Å². The molecule has 1 saturated heterocycles. The van der Waals surface area contributed by atoms with Gasteiger partial charge in [0, 0.05) is 7.11 Å². The number of ether oxygens (including phenoxy) is 1. The van der Waals surface area contributed by atoms with Gasteiger partial charge in [0.1, 0.15) is 5.70 Å². The van der Waals surface area contributed by atoms with E-state index < -0.39 is 0 Å². The minimum absolute atomic E-state index is 0.142. The Hall–Kier alpha value is -2.25. The summed E-state index contributed by atoms with van der Waals surface area (Å²) < 4.78 is 6.58. The first-order chi connectivity index (χ1) is 12.7. The molecule has 0 unspecified atom stereocenters. The highest BCUT2D eigenvalue weighted by atomic mass is 32.1. The summed E-state index contributed by atoms with van der Waals surface area (Å²) in [6.45, 7) is 0. The van der Waals surface area contributed by atoms with Gasteiger partial charge in [-0.25, -0.2) is 9.98 Å². The molecule has 1 aliphatic heterocycles. The Morgan fingerprint density at radius 2 is 2.19 bits per heavy atom. The van der Waals surface area contributed by atoms with Gasteiger partial charge in [0.2, 0.25) is 5.96 Å². The number of benzene rings is 1. The molecular formula is C19H22N4O2S. The molecule has 0 bridgehead atoms. The summed E-state index contributed by atoms with van der Waals surface area (Å²) in [5, 5.41) is 5.97. The van der Waals surface area contributed by atoms with Crippen LogP contribution in [0.3, 0.4) is 0 Å². The Morgan fingerprint density at radius 3 is 3.08 bits per heavy atom. The second-order valence-corrected chi connectivity index (χ2v) is 7.60. The maximum absolute atomic E-state index is 12.3. The van der Waals surface area contributed by atoms with Crippen molar-refractivity contribution in [1.82, 2.24) is 15.6 Å². The van der Waals surface area contributed by atoms with Gasteiger partial charge in [0.25, 0.3) is 5.91 Å². The fourth-order valence-electron chi connectivity index (χ4n) is 3.48. The molecule has 0 radical (unpaired) electrons. The molecule has 6 nitrogen and oxygen atoms in total. The number of nitrogens with zero attached hydrogens (tertiary/aromatic N) is 2.